The number of piperidine rings is 1. The lowest BCUT2D eigenvalue weighted by Gasteiger charge is -2.36. The van der Waals surface area contributed by atoms with Gasteiger partial charge in [0.15, 0.2) is 0 Å². The van der Waals surface area contributed by atoms with Gasteiger partial charge < -0.3 is 15.3 Å². The Morgan fingerprint density at radius 2 is 2.11 bits per heavy atom. The molecule has 1 aliphatic heterocycles. The van der Waals surface area contributed by atoms with Crippen LogP contribution in [0.15, 0.2) is 6.07 Å². The predicted octanol–water partition coefficient (Wildman–Crippen LogP) is 1.63. The van der Waals surface area contributed by atoms with E-state index in [1.807, 2.05) is 20.9 Å². The van der Waals surface area contributed by atoms with Gasteiger partial charge in [-0.15, -0.1) is 11.3 Å². The summed E-state index contributed by atoms with van der Waals surface area (Å²) >= 11 is 1.34. The molecule has 9 heteroatoms. The number of thiophene rings is 1. The SMILES string of the molecule is Cc1nn(C)c2sc(C(=O)NC(C)C(=O)N3CCC(C(=O)O)C(C)C3)cc12. The molecule has 1 aliphatic rings. The van der Waals surface area contributed by atoms with E-state index in [1.54, 1.807) is 22.6 Å². The molecule has 0 bridgehead atoms. The van der Waals surface area contributed by atoms with E-state index >= 15 is 0 Å². The van der Waals surface area contributed by atoms with Crippen LogP contribution >= 0.6 is 11.3 Å². The maximum Gasteiger partial charge on any atom is 0.306 e. The van der Waals surface area contributed by atoms with Crippen molar-refractivity contribution in [2.75, 3.05) is 13.1 Å². The first-order valence-electron chi connectivity index (χ1n) is 8.94. The van der Waals surface area contributed by atoms with Crippen molar-refractivity contribution < 1.29 is 19.5 Å². The third-order valence-corrected chi connectivity index (χ3v) is 6.37. The number of nitrogens with zero attached hydrogens (tertiary/aromatic N) is 3. The first-order chi connectivity index (χ1) is 12.7. The van der Waals surface area contributed by atoms with Gasteiger partial charge in [-0.05, 0) is 32.3 Å². The van der Waals surface area contributed by atoms with Crippen LogP contribution in [0.3, 0.4) is 0 Å². The van der Waals surface area contributed by atoms with Crippen LogP contribution < -0.4 is 5.32 Å². The van der Waals surface area contributed by atoms with E-state index in [1.165, 1.54) is 11.3 Å². The number of likely N-dealkylation sites (tertiary alicyclic amines) is 1. The number of aromatic nitrogens is 2. The van der Waals surface area contributed by atoms with Gasteiger partial charge in [-0.1, -0.05) is 6.92 Å². The zero-order valence-electron chi connectivity index (χ0n) is 15.9. The Morgan fingerprint density at radius 3 is 2.70 bits per heavy atom. The van der Waals surface area contributed by atoms with Crippen LogP contribution in [0.4, 0.5) is 0 Å². The number of aryl methyl sites for hydroxylation is 2. The molecule has 1 fully saturated rings. The number of rotatable bonds is 4. The lowest BCUT2D eigenvalue weighted by atomic mass is 9.87. The van der Waals surface area contributed by atoms with Crippen LogP contribution in [0.2, 0.25) is 0 Å². The summed E-state index contributed by atoms with van der Waals surface area (Å²) < 4.78 is 1.74. The fourth-order valence-corrected chi connectivity index (χ4v) is 4.66. The molecule has 146 valence electrons. The van der Waals surface area contributed by atoms with E-state index in [4.69, 9.17) is 0 Å². The smallest absolute Gasteiger partial charge is 0.306 e. The average molecular weight is 392 g/mol. The van der Waals surface area contributed by atoms with Gasteiger partial charge in [0.2, 0.25) is 5.91 Å². The minimum absolute atomic E-state index is 0.110. The summed E-state index contributed by atoms with van der Waals surface area (Å²) in [5.41, 5.74) is 0.863. The number of hydrogen-bond acceptors (Lipinski definition) is 5. The van der Waals surface area contributed by atoms with E-state index in [0.29, 0.717) is 24.4 Å². The molecular formula is C18H24N4O4S. The molecule has 0 spiro atoms. The molecular weight excluding hydrogens is 368 g/mol. The highest BCUT2D eigenvalue weighted by Gasteiger charge is 2.34. The topological polar surface area (TPSA) is 105 Å². The van der Waals surface area contributed by atoms with Gasteiger partial charge in [0.25, 0.3) is 5.91 Å². The van der Waals surface area contributed by atoms with Crippen molar-refractivity contribution in [3.05, 3.63) is 16.6 Å². The lowest BCUT2D eigenvalue weighted by molar-refractivity contribution is -0.148. The highest BCUT2D eigenvalue weighted by molar-refractivity contribution is 7.20. The summed E-state index contributed by atoms with van der Waals surface area (Å²) in [6.07, 6.45) is 0.436. The summed E-state index contributed by atoms with van der Waals surface area (Å²) in [7, 11) is 1.83. The second kappa shape index (κ2) is 7.30. The normalized spacial score (nSPS) is 21.3. The fourth-order valence-electron chi connectivity index (χ4n) is 3.63. The van der Waals surface area contributed by atoms with Crippen molar-refractivity contribution in [2.24, 2.45) is 18.9 Å². The number of aliphatic carboxylic acids is 1. The molecule has 27 heavy (non-hydrogen) atoms. The maximum absolute atomic E-state index is 12.7. The highest BCUT2D eigenvalue weighted by atomic mass is 32.1. The molecule has 0 aliphatic carbocycles. The molecule has 2 amide bonds. The second-order valence-electron chi connectivity index (χ2n) is 7.23. The highest BCUT2D eigenvalue weighted by Crippen LogP contribution is 2.28. The number of carboxylic acid groups (broad SMARTS) is 1. The van der Waals surface area contributed by atoms with E-state index in [2.05, 4.69) is 10.4 Å². The van der Waals surface area contributed by atoms with Gasteiger partial charge >= 0.3 is 5.97 Å². The number of carbonyl (C=O) groups excluding carboxylic acids is 2. The van der Waals surface area contributed by atoms with Crippen molar-refractivity contribution in [1.82, 2.24) is 20.0 Å². The molecule has 2 N–H and O–H groups in total. The van der Waals surface area contributed by atoms with Crippen molar-refractivity contribution in [2.45, 2.75) is 33.2 Å². The number of amides is 2. The Bertz CT molecular complexity index is 868. The summed E-state index contributed by atoms with van der Waals surface area (Å²) in [4.78, 5) is 39.5. The predicted molar refractivity (Wildman–Crippen MR) is 102 cm³/mol. The minimum atomic E-state index is -0.814. The van der Waals surface area contributed by atoms with Crippen LogP contribution in [0.5, 0.6) is 0 Å². The van der Waals surface area contributed by atoms with Crippen molar-refractivity contribution in [3.8, 4) is 0 Å². The zero-order valence-corrected chi connectivity index (χ0v) is 16.7. The second-order valence-corrected chi connectivity index (χ2v) is 8.26. The van der Waals surface area contributed by atoms with Crippen LogP contribution in [-0.2, 0) is 16.6 Å². The summed E-state index contributed by atoms with van der Waals surface area (Å²) in [5, 5.41) is 17.2. The van der Waals surface area contributed by atoms with Gasteiger partial charge in [0.1, 0.15) is 10.9 Å². The monoisotopic (exact) mass is 392 g/mol. The zero-order chi connectivity index (χ0) is 19.9. The van der Waals surface area contributed by atoms with E-state index in [0.717, 1.165) is 15.9 Å². The van der Waals surface area contributed by atoms with E-state index < -0.39 is 17.9 Å². The Hall–Kier alpha value is -2.42. The van der Waals surface area contributed by atoms with Crippen LogP contribution in [0.25, 0.3) is 10.2 Å². The van der Waals surface area contributed by atoms with Gasteiger partial charge in [-0.25, -0.2) is 0 Å². The Morgan fingerprint density at radius 1 is 1.41 bits per heavy atom. The van der Waals surface area contributed by atoms with Gasteiger partial charge in [0, 0.05) is 25.5 Å². The quantitative estimate of drug-likeness (QED) is 0.823. The molecule has 8 nitrogen and oxygen atoms in total. The fraction of sp³-hybridized carbons (Fsp3) is 0.556. The number of carbonyl (C=O) groups is 3. The molecule has 3 atom stereocenters. The average Bonchev–Trinajstić information content (AvgIpc) is 3.15. The largest absolute Gasteiger partial charge is 0.481 e. The minimum Gasteiger partial charge on any atom is -0.481 e. The Kier molecular flexibility index (Phi) is 5.23. The summed E-state index contributed by atoms with van der Waals surface area (Å²) in [6.45, 7) is 6.19. The number of carboxylic acids is 1. The molecule has 3 heterocycles. The summed E-state index contributed by atoms with van der Waals surface area (Å²) in [5.74, 6) is -1.82. The molecule has 0 saturated carbocycles. The van der Waals surface area contributed by atoms with Crippen LogP contribution in [-0.4, -0.2) is 56.7 Å². The van der Waals surface area contributed by atoms with Crippen molar-refractivity contribution in [3.63, 3.8) is 0 Å². The van der Waals surface area contributed by atoms with Gasteiger partial charge in [0.05, 0.1) is 16.5 Å². The van der Waals surface area contributed by atoms with E-state index in [-0.39, 0.29) is 17.7 Å². The van der Waals surface area contributed by atoms with Crippen molar-refractivity contribution in [1.29, 1.82) is 0 Å². The number of fused-ring (bicyclic) bond motifs is 1. The standard InChI is InChI=1S/C18H24N4O4S/c1-9-8-22(6-5-12(9)18(25)26)16(24)11(3)19-15(23)14-7-13-10(2)20-21(4)17(13)27-14/h7,9,11-12H,5-6,8H2,1-4H3,(H,19,23)(H,25,26). The van der Waals surface area contributed by atoms with Crippen LogP contribution in [0.1, 0.15) is 35.6 Å². The molecule has 2 aromatic rings. The van der Waals surface area contributed by atoms with Gasteiger partial charge in [-0.2, -0.15) is 5.10 Å². The number of hydrogen-bond donors (Lipinski definition) is 2. The number of nitrogens with one attached hydrogen (secondary N) is 1. The van der Waals surface area contributed by atoms with E-state index in [9.17, 15) is 19.5 Å². The third-order valence-electron chi connectivity index (χ3n) is 5.17. The lowest BCUT2D eigenvalue weighted by Crippen LogP contribution is -2.52. The van der Waals surface area contributed by atoms with Crippen LogP contribution in [0, 0.1) is 18.8 Å². The Labute approximate surface area is 161 Å². The maximum atomic E-state index is 12.7. The molecule has 3 rings (SSSR count). The van der Waals surface area contributed by atoms with Crippen molar-refractivity contribution >= 4 is 39.3 Å². The molecule has 2 aromatic heterocycles. The third kappa shape index (κ3) is 3.69. The summed E-state index contributed by atoms with van der Waals surface area (Å²) in [6, 6.07) is 1.13. The first kappa shape index (κ1) is 19.3. The molecule has 0 radical (unpaired) electrons. The Balaban J connectivity index is 1.64. The van der Waals surface area contributed by atoms with Gasteiger partial charge in [-0.3, -0.25) is 19.1 Å². The molecule has 1 saturated heterocycles. The molecule has 3 unspecified atom stereocenters. The first-order valence-corrected chi connectivity index (χ1v) is 9.76. The molecule has 0 aromatic carbocycles.